The molecule has 1 amide bonds. The SMILES string of the molecule is CCOC(=O)[C@H]1CN(C(=O)OC(C)(C)C)[C@@H](C)CN1. The van der Waals surface area contributed by atoms with Crippen LogP contribution in [0.5, 0.6) is 0 Å². The number of carbonyl (C=O) groups is 2. The Morgan fingerprint density at radius 1 is 1.37 bits per heavy atom. The van der Waals surface area contributed by atoms with Crippen molar-refractivity contribution >= 4 is 12.1 Å². The zero-order valence-electron chi connectivity index (χ0n) is 12.4. The molecule has 1 N–H and O–H groups in total. The minimum absolute atomic E-state index is 0.0134. The molecule has 0 aromatic carbocycles. The molecular formula is C13H24N2O4. The molecule has 0 bridgehead atoms. The Balaban J connectivity index is 2.65. The summed E-state index contributed by atoms with van der Waals surface area (Å²) in [5, 5.41) is 3.08. The smallest absolute Gasteiger partial charge is 0.410 e. The Hall–Kier alpha value is -1.30. The quantitative estimate of drug-likeness (QED) is 0.764. The number of rotatable bonds is 2. The van der Waals surface area contributed by atoms with Crippen molar-refractivity contribution in [2.24, 2.45) is 0 Å². The Kier molecular flexibility index (Phi) is 5.17. The zero-order chi connectivity index (χ0) is 14.6. The third kappa shape index (κ3) is 4.70. The van der Waals surface area contributed by atoms with Crippen LogP contribution in [0.2, 0.25) is 0 Å². The van der Waals surface area contributed by atoms with Gasteiger partial charge >= 0.3 is 12.1 Å². The molecule has 6 heteroatoms. The summed E-state index contributed by atoms with van der Waals surface area (Å²) in [5.41, 5.74) is -0.541. The summed E-state index contributed by atoms with van der Waals surface area (Å²) in [5.74, 6) is -0.331. The topological polar surface area (TPSA) is 67.9 Å². The average molecular weight is 272 g/mol. The lowest BCUT2D eigenvalue weighted by molar-refractivity contribution is -0.147. The Bertz CT molecular complexity index is 338. The molecule has 0 saturated carbocycles. The highest BCUT2D eigenvalue weighted by atomic mass is 16.6. The van der Waals surface area contributed by atoms with Crippen LogP contribution >= 0.6 is 0 Å². The molecular weight excluding hydrogens is 248 g/mol. The van der Waals surface area contributed by atoms with Crippen LogP contribution in [0.25, 0.3) is 0 Å². The predicted octanol–water partition coefficient (Wildman–Crippen LogP) is 1.15. The second kappa shape index (κ2) is 6.23. The zero-order valence-corrected chi connectivity index (χ0v) is 12.4. The molecule has 0 aliphatic carbocycles. The lowest BCUT2D eigenvalue weighted by atomic mass is 10.1. The van der Waals surface area contributed by atoms with Crippen LogP contribution < -0.4 is 5.32 Å². The summed E-state index contributed by atoms with van der Waals surface area (Å²) in [6, 6.07) is -0.496. The molecule has 19 heavy (non-hydrogen) atoms. The van der Waals surface area contributed by atoms with Gasteiger partial charge in [-0.3, -0.25) is 4.79 Å². The van der Waals surface area contributed by atoms with Gasteiger partial charge in [0.05, 0.1) is 13.2 Å². The molecule has 1 rings (SSSR count). The highest BCUT2D eigenvalue weighted by molar-refractivity contribution is 5.78. The highest BCUT2D eigenvalue weighted by Crippen LogP contribution is 2.15. The first kappa shape index (κ1) is 15.8. The van der Waals surface area contributed by atoms with E-state index >= 15 is 0 Å². The number of hydrogen-bond donors (Lipinski definition) is 1. The highest BCUT2D eigenvalue weighted by Gasteiger charge is 2.35. The van der Waals surface area contributed by atoms with Gasteiger partial charge in [-0.1, -0.05) is 0 Å². The Morgan fingerprint density at radius 3 is 2.53 bits per heavy atom. The first-order valence-corrected chi connectivity index (χ1v) is 6.64. The molecule has 1 fully saturated rings. The molecule has 1 heterocycles. The first-order chi connectivity index (χ1) is 8.74. The van der Waals surface area contributed by atoms with Crippen molar-refractivity contribution in [1.29, 1.82) is 0 Å². The van der Waals surface area contributed by atoms with Crippen molar-refractivity contribution < 1.29 is 19.1 Å². The van der Waals surface area contributed by atoms with Crippen LogP contribution in [0.1, 0.15) is 34.6 Å². The van der Waals surface area contributed by atoms with E-state index in [2.05, 4.69) is 5.32 Å². The van der Waals surface area contributed by atoms with E-state index in [4.69, 9.17) is 9.47 Å². The standard InChI is InChI=1S/C13H24N2O4/c1-6-18-11(16)10-8-15(9(2)7-14-10)12(17)19-13(3,4)5/h9-10,14H,6-8H2,1-5H3/t9-,10+/m0/s1. The van der Waals surface area contributed by atoms with Crippen LogP contribution in [0.15, 0.2) is 0 Å². The van der Waals surface area contributed by atoms with Crippen molar-refractivity contribution in [3.05, 3.63) is 0 Å². The van der Waals surface area contributed by atoms with Gasteiger partial charge in [0.25, 0.3) is 0 Å². The normalized spacial score (nSPS) is 23.9. The van der Waals surface area contributed by atoms with Crippen molar-refractivity contribution in [3.63, 3.8) is 0 Å². The number of ether oxygens (including phenoxy) is 2. The second-order valence-electron chi connectivity index (χ2n) is 5.69. The summed E-state index contributed by atoms with van der Waals surface area (Å²) >= 11 is 0. The van der Waals surface area contributed by atoms with Gasteiger partial charge in [0.15, 0.2) is 0 Å². The van der Waals surface area contributed by atoms with E-state index in [9.17, 15) is 9.59 Å². The fourth-order valence-electron chi connectivity index (χ4n) is 1.84. The van der Waals surface area contributed by atoms with Crippen molar-refractivity contribution in [2.75, 3.05) is 19.7 Å². The maximum atomic E-state index is 12.1. The largest absolute Gasteiger partial charge is 0.465 e. The van der Waals surface area contributed by atoms with E-state index in [-0.39, 0.29) is 18.6 Å². The van der Waals surface area contributed by atoms with Gasteiger partial charge in [-0.15, -0.1) is 0 Å². The fourth-order valence-corrected chi connectivity index (χ4v) is 1.84. The molecule has 2 atom stereocenters. The number of nitrogens with one attached hydrogen (secondary N) is 1. The number of hydrogen-bond acceptors (Lipinski definition) is 5. The average Bonchev–Trinajstić information content (AvgIpc) is 2.27. The monoisotopic (exact) mass is 272 g/mol. The molecule has 0 spiro atoms. The number of carbonyl (C=O) groups excluding carboxylic acids is 2. The van der Waals surface area contributed by atoms with Gasteiger partial charge in [0, 0.05) is 12.6 Å². The Morgan fingerprint density at radius 2 is 2.00 bits per heavy atom. The number of nitrogens with zero attached hydrogens (tertiary/aromatic N) is 1. The lowest BCUT2D eigenvalue weighted by Crippen LogP contribution is -2.60. The van der Waals surface area contributed by atoms with Crippen LogP contribution in [0.3, 0.4) is 0 Å². The molecule has 1 aliphatic rings. The molecule has 0 aromatic rings. The van der Waals surface area contributed by atoms with E-state index in [1.807, 2.05) is 27.7 Å². The van der Waals surface area contributed by atoms with Gasteiger partial charge in [0.1, 0.15) is 11.6 Å². The fraction of sp³-hybridized carbons (Fsp3) is 0.846. The van der Waals surface area contributed by atoms with E-state index in [0.717, 1.165) is 0 Å². The van der Waals surface area contributed by atoms with Crippen LogP contribution in [-0.4, -0.2) is 54.3 Å². The minimum atomic E-state index is -0.541. The molecule has 110 valence electrons. The van der Waals surface area contributed by atoms with E-state index in [1.165, 1.54) is 0 Å². The van der Waals surface area contributed by atoms with Gasteiger partial charge in [-0.2, -0.15) is 0 Å². The van der Waals surface area contributed by atoms with Crippen molar-refractivity contribution in [2.45, 2.75) is 52.3 Å². The summed E-state index contributed by atoms with van der Waals surface area (Å²) < 4.78 is 10.3. The van der Waals surface area contributed by atoms with E-state index in [1.54, 1.807) is 11.8 Å². The third-order valence-corrected chi connectivity index (χ3v) is 2.77. The third-order valence-electron chi connectivity index (χ3n) is 2.77. The molecule has 1 saturated heterocycles. The number of piperazine rings is 1. The van der Waals surface area contributed by atoms with Gasteiger partial charge < -0.3 is 19.7 Å². The summed E-state index contributed by atoms with van der Waals surface area (Å²) in [7, 11) is 0. The molecule has 0 unspecified atom stereocenters. The first-order valence-electron chi connectivity index (χ1n) is 6.64. The molecule has 1 aliphatic heterocycles. The molecule has 6 nitrogen and oxygen atoms in total. The van der Waals surface area contributed by atoms with E-state index in [0.29, 0.717) is 13.2 Å². The Labute approximate surface area is 114 Å². The maximum absolute atomic E-state index is 12.1. The summed E-state index contributed by atoms with van der Waals surface area (Å²) in [4.78, 5) is 25.3. The summed E-state index contributed by atoms with van der Waals surface area (Å²) in [6.07, 6.45) is -0.393. The van der Waals surface area contributed by atoms with Crippen LogP contribution in [0.4, 0.5) is 4.79 Å². The predicted molar refractivity (Wildman–Crippen MR) is 70.8 cm³/mol. The van der Waals surface area contributed by atoms with Crippen LogP contribution in [-0.2, 0) is 14.3 Å². The van der Waals surface area contributed by atoms with Gasteiger partial charge in [-0.25, -0.2) is 4.79 Å². The molecule has 0 aromatic heterocycles. The van der Waals surface area contributed by atoms with Crippen molar-refractivity contribution in [3.8, 4) is 0 Å². The minimum Gasteiger partial charge on any atom is -0.465 e. The lowest BCUT2D eigenvalue weighted by Gasteiger charge is -2.38. The second-order valence-corrected chi connectivity index (χ2v) is 5.69. The molecule has 0 radical (unpaired) electrons. The summed E-state index contributed by atoms with van der Waals surface area (Å²) in [6.45, 7) is 10.3. The number of amides is 1. The number of esters is 1. The van der Waals surface area contributed by atoms with Crippen LogP contribution in [0, 0.1) is 0 Å². The maximum Gasteiger partial charge on any atom is 0.410 e. The van der Waals surface area contributed by atoms with Gasteiger partial charge in [0.2, 0.25) is 0 Å². The van der Waals surface area contributed by atoms with Gasteiger partial charge in [-0.05, 0) is 34.6 Å². The van der Waals surface area contributed by atoms with E-state index < -0.39 is 17.7 Å². The van der Waals surface area contributed by atoms with Crippen molar-refractivity contribution in [1.82, 2.24) is 10.2 Å².